The molecule has 0 amide bonds. The number of rotatable bonds is 5. The topological polar surface area (TPSA) is 52.3 Å². The first-order valence-electron chi connectivity index (χ1n) is 6.33. The molecule has 0 aliphatic rings. The first-order chi connectivity index (χ1) is 8.38. The zero-order chi connectivity index (χ0) is 13.8. The predicted octanol–water partition coefficient (Wildman–Crippen LogP) is 2.63. The highest BCUT2D eigenvalue weighted by Crippen LogP contribution is 2.30. The van der Waals surface area contributed by atoms with E-state index in [-0.39, 0.29) is 11.9 Å². The van der Waals surface area contributed by atoms with E-state index in [1.165, 1.54) is 12.7 Å². The van der Waals surface area contributed by atoms with Crippen LogP contribution in [0.3, 0.4) is 0 Å². The van der Waals surface area contributed by atoms with Gasteiger partial charge in [-0.25, -0.2) is 0 Å². The average molecular weight is 249 g/mol. The summed E-state index contributed by atoms with van der Waals surface area (Å²) in [6, 6.07) is 8.29. The van der Waals surface area contributed by atoms with E-state index in [0.717, 1.165) is 12.0 Å². The van der Waals surface area contributed by atoms with Crippen molar-refractivity contribution in [1.82, 2.24) is 0 Å². The highest BCUT2D eigenvalue weighted by Gasteiger charge is 2.29. The Bertz CT molecular complexity index is 390. The summed E-state index contributed by atoms with van der Waals surface area (Å²) in [4.78, 5) is 11.5. The molecular formula is C15H23NO2. The number of carbonyl (C=O) groups is 1. The Balaban J connectivity index is 2.98. The molecule has 2 N–H and O–H groups in total. The molecular weight excluding hydrogens is 226 g/mol. The third kappa shape index (κ3) is 3.84. The largest absolute Gasteiger partial charge is 0.469 e. The van der Waals surface area contributed by atoms with Crippen LogP contribution in [0.25, 0.3) is 0 Å². The monoisotopic (exact) mass is 249 g/mol. The molecule has 1 aromatic rings. The fraction of sp³-hybridized carbons (Fsp3) is 0.533. The van der Waals surface area contributed by atoms with Gasteiger partial charge >= 0.3 is 5.97 Å². The number of hydrogen-bond donors (Lipinski definition) is 1. The van der Waals surface area contributed by atoms with E-state index in [1.54, 1.807) is 0 Å². The molecule has 0 saturated carbocycles. The van der Waals surface area contributed by atoms with Crippen LogP contribution in [-0.2, 0) is 16.0 Å². The summed E-state index contributed by atoms with van der Waals surface area (Å²) in [6.45, 7) is 6.00. The van der Waals surface area contributed by atoms with Gasteiger partial charge in [-0.15, -0.1) is 0 Å². The molecule has 3 heteroatoms. The minimum atomic E-state index is -0.456. The molecule has 0 saturated heterocycles. The highest BCUT2D eigenvalue weighted by atomic mass is 16.5. The van der Waals surface area contributed by atoms with Gasteiger partial charge in [0.05, 0.1) is 13.5 Å². The molecule has 0 fully saturated rings. The summed E-state index contributed by atoms with van der Waals surface area (Å²) < 4.78 is 4.75. The number of methoxy groups -OCH3 is 1. The van der Waals surface area contributed by atoms with Crippen LogP contribution in [0.15, 0.2) is 24.3 Å². The molecule has 0 aliphatic carbocycles. The van der Waals surface area contributed by atoms with Crippen LogP contribution in [0.4, 0.5) is 0 Å². The lowest BCUT2D eigenvalue weighted by Gasteiger charge is -2.30. The van der Waals surface area contributed by atoms with Crippen LogP contribution >= 0.6 is 0 Å². The molecule has 0 heterocycles. The molecule has 0 radical (unpaired) electrons. The van der Waals surface area contributed by atoms with E-state index in [9.17, 15) is 4.79 Å². The van der Waals surface area contributed by atoms with Gasteiger partial charge in [0.1, 0.15) is 0 Å². The fourth-order valence-corrected chi connectivity index (χ4v) is 2.05. The van der Waals surface area contributed by atoms with Crippen LogP contribution in [0.1, 0.15) is 44.2 Å². The number of benzene rings is 1. The quantitative estimate of drug-likeness (QED) is 0.816. The molecule has 1 aromatic carbocycles. The van der Waals surface area contributed by atoms with Gasteiger partial charge in [-0.2, -0.15) is 0 Å². The van der Waals surface area contributed by atoms with Crippen molar-refractivity contribution in [3.05, 3.63) is 35.4 Å². The van der Waals surface area contributed by atoms with E-state index in [2.05, 4.69) is 31.2 Å². The van der Waals surface area contributed by atoms with Crippen molar-refractivity contribution in [2.75, 3.05) is 7.11 Å². The van der Waals surface area contributed by atoms with Crippen molar-refractivity contribution >= 4 is 5.97 Å². The number of ether oxygens (including phenoxy) is 1. The Kier molecular flexibility index (Phi) is 4.91. The van der Waals surface area contributed by atoms with Crippen LogP contribution in [0.5, 0.6) is 0 Å². The second-order valence-corrected chi connectivity index (χ2v) is 5.25. The zero-order valence-corrected chi connectivity index (χ0v) is 11.7. The van der Waals surface area contributed by atoms with Crippen LogP contribution in [0, 0.1) is 0 Å². The lowest BCUT2D eigenvalue weighted by Crippen LogP contribution is -2.40. The Morgan fingerprint density at radius 3 is 2.28 bits per heavy atom. The number of nitrogens with two attached hydrogens (primary N) is 1. The van der Waals surface area contributed by atoms with Gasteiger partial charge in [-0.3, -0.25) is 4.79 Å². The lowest BCUT2D eigenvalue weighted by molar-refractivity contribution is -0.141. The number of esters is 1. The highest BCUT2D eigenvalue weighted by molar-refractivity contribution is 5.70. The van der Waals surface area contributed by atoms with Gasteiger partial charge < -0.3 is 10.5 Å². The molecule has 100 valence electrons. The van der Waals surface area contributed by atoms with Crippen molar-refractivity contribution in [3.8, 4) is 0 Å². The Morgan fingerprint density at radius 2 is 1.89 bits per heavy atom. The van der Waals surface area contributed by atoms with Crippen LogP contribution in [-0.4, -0.2) is 18.6 Å². The predicted molar refractivity (Wildman–Crippen MR) is 73.5 cm³/mol. The first kappa shape index (κ1) is 14.7. The maximum Gasteiger partial charge on any atom is 0.306 e. The number of hydrogen-bond acceptors (Lipinski definition) is 3. The summed E-state index contributed by atoms with van der Waals surface area (Å²) in [5.74, 6) is -0.256. The van der Waals surface area contributed by atoms with Gasteiger partial charge in [-0.05, 0) is 31.4 Å². The van der Waals surface area contributed by atoms with Gasteiger partial charge in [0.2, 0.25) is 0 Å². The Labute approximate surface area is 109 Å². The van der Waals surface area contributed by atoms with Crippen LogP contribution < -0.4 is 5.73 Å². The summed E-state index contributed by atoms with van der Waals surface area (Å²) >= 11 is 0. The molecule has 1 atom stereocenters. The number of aryl methyl sites for hydroxylation is 1. The standard InChI is InChI=1S/C15H23NO2/c1-5-11-6-8-12(9-7-11)13(15(2,3)16)10-14(17)18-4/h6-9,13H,5,10,16H2,1-4H3. The molecule has 18 heavy (non-hydrogen) atoms. The fourth-order valence-electron chi connectivity index (χ4n) is 2.05. The third-order valence-electron chi connectivity index (χ3n) is 3.29. The molecule has 0 aliphatic heterocycles. The maximum absolute atomic E-state index is 11.5. The minimum absolute atomic E-state index is 0.0316. The van der Waals surface area contributed by atoms with Crippen LogP contribution in [0.2, 0.25) is 0 Å². The summed E-state index contributed by atoms with van der Waals surface area (Å²) in [6.07, 6.45) is 1.32. The van der Waals surface area contributed by atoms with Gasteiger partial charge in [0.25, 0.3) is 0 Å². The molecule has 0 bridgehead atoms. The van der Waals surface area contributed by atoms with Crippen molar-refractivity contribution in [3.63, 3.8) is 0 Å². The van der Waals surface area contributed by atoms with Gasteiger partial charge in [0, 0.05) is 11.5 Å². The zero-order valence-electron chi connectivity index (χ0n) is 11.7. The van der Waals surface area contributed by atoms with Crippen molar-refractivity contribution in [2.45, 2.75) is 45.1 Å². The Morgan fingerprint density at radius 1 is 1.33 bits per heavy atom. The summed E-state index contributed by atoms with van der Waals surface area (Å²) in [5.41, 5.74) is 8.09. The second-order valence-electron chi connectivity index (χ2n) is 5.25. The smallest absolute Gasteiger partial charge is 0.306 e. The van der Waals surface area contributed by atoms with E-state index >= 15 is 0 Å². The molecule has 0 aromatic heterocycles. The van der Waals surface area contributed by atoms with Crippen molar-refractivity contribution < 1.29 is 9.53 Å². The maximum atomic E-state index is 11.5. The van der Waals surface area contributed by atoms with Crippen molar-refractivity contribution in [2.24, 2.45) is 5.73 Å². The van der Waals surface area contributed by atoms with Gasteiger partial charge in [-0.1, -0.05) is 31.2 Å². The molecule has 0 spiro atoms. The number of carbonyl (C=O) groups excluding carboxylic acids is 1. The molecule has 1 unspecified atom stereocenters. The van der Waals surface area contributed by atoms with E-state index in [0.29, 0.717) is 6.42 Å². The second kappa shape index (κ2) is 6.01. The van der Waals surface area contributed by atoms with Gasteiger partial charge in [0.15, 0.2) is 0 Å². The van der Waals surface area contributed by atoms with E-state index in [1.807, 2.05) is 13.8 Å². The van der Waals surface area contributed by atoms with E-state index < -0.39 is 5.54 Å². The average Bonchev–Trinajstić information content (AvgIpc) is 2.34. The summed E-state index contributed by atoms with van der Waals surface area (Å²) in [5, 5.41) is 0. The lowest BCUT2D eigenvalue weighted by atomic mass is 9.80. The molecule has 3 nitrogen and oxygen atoms in total. The van der Waals surface area contributed by atoms with E-state index in [4.69, 9.17) is 10.5 Å². The minimum Gasteiger partial charge on any atom is -0.469 e. The van der Waals surface area contributed by atoms with Crippen molar-refractivity contribution in [1.29, 1.82) is 0 Å². The SMILES string of the molecule is CCc1ccc(C(CC(=O)OC)C(C)(C)N)cc1. The summed E-state index contributed by atoms with van der Waals surface area (Å²) in [7, 11) is 1.41. The molecule has 1 rings (SSSR count). The Hall–Kier alpha value is -1.35. The third-order valence-corrected chi connectivity index (χ3v) is 3.29. The first-order valence-corrected chi connectivity index (χ1v) is 6.33. The normalized spacial score (nSPS) is 13.2.